The lowest BCUT2D eigenvalue weighted by Crippen LogP contribution is -2.25. The third-order valence-electron chi connectivity index (χ3n) is 8.21. The SMILES string of the molecule is Cc1ccc(Sc2ccc(Nc3ccc(Cl)cc3)c3c2C(=O)c2c(Sc4ccc(C)cc4)c(C#N)cc(Nc4ccc(Cl)cc4)c2C3=O)cc1. The van der Waals surface area contributed by atoms with Crippen LogP contribution in [-0.4, -0.2) is 11.6 Å². The van der Waals surface area contributed by atoms with Gasteiger partial charge < -0.3 is 10.6 Å². The lowest BCUT2D eigenvalue weighted by Gasteiger charge is -2.27. The van der Waals surface area contributed by atoms with E-state index in [1.54, 1.807) is 42.5 Å². The molecule has 1 aliphatic carbocycles. The average molecular weight is 729 g/mol. The van der Waals surface area contributed by atoms with E-state index in [4.69, 9.17) is 23.2 Å². The smallest absolute Gasteiger partial charge is 0.198 e. The molecule has 6 aromatic rings. The molecule has 0 bridgehead atoms. The summed E-state index contributed by atoms with van der Waals surface area (Å²) in [4.78, 5) is 33.1. The van der Waals surface area contributed by atoms with Gasteiger partial charge in [-0.2, -0.15) is 5.26 Å². The fourth-order valence-corrected chi connectivity index (χ4v) is 7.95. The van der Waals surface area contributed by atoms with Crippen molar-refractivity contribution < 1.29 is 9.59 Å². The predicted molar refractivity (Wildman–Crippen MR) is 205 cm³/mol. The van der Waals surface area contributed by atoms with Crippen molar-refractivity contribution >= 4 is 81.0 Å². The fourth-order valence-electron chi connectivity index (χ4n) is 5.72. The third-order valence-corrected chi connectivity index (χ3v) is 10.9. The van der Waals surface area contributed by atoms with Crippen LogP contribution in [0.2, 0.25) is 10.0 Å². The number of carbonyl (C=O) groups is 2. The van der Waals surface area contributed by atoms with Crippen LogP contribution in [0, 0.1) is 25.2 Å². The molecule has 0 aromatic heterocycles. The lowest BCUT2D eigenvalue weighted by atomic mass is 9.81. The van der Waals surface area contributed by atoms with E-state index in [0.29, 0.717) is 42.6 Å². The van der Waals surface area contributed by atoms with E-state index >= 15 is 9.59 Å². The molecule has 7 rings (SSSR count). The van der Waals surface area contributed by atoms with E-state index in [1.165, 1.54) is 23.5 Å². The summed E-state index contributed by atoms with van der Waals surface area (Å²) in [6.45, 7) is 4.01. The second kappa shape index (κ2) is 14.1. The van der Waals surface area contributed by atoms with Gasteiger partial charge in [-0.1, -0.05) is 82.1 Å². The van der Waals surface area contributed by atoms with Crippen LogP contribution in [-0.2, 0) is 0 Å². The molecule has 9 heteroatoms. The Morgan fingerprint density at radius 3 is 1.58 bits per heavy atom. The normalized spacial score (nSPS) is 11.8. The van der Waals surface area contributed by atoms with Crippen LogP contribution in [0.3, 0.4) is 0 Å². The molecule has 2 N–H and O–H groups in total. The minimum atomic E-state index is -0.343. The second-order valence-electron chi connectivity index (χ2n) is 11.8. The van der Waals surface area contributed by atoms with Crippen molar-refractivity contribution in [2.24, 2.45) is 0 Å². The van der Waals surface area contributed by atoms with Crippen molar-refractivity contribution in [1.82, 2.24) is 0 Å². The van der Waals surface area contributed by atoms with Crippen LogP contribution >= 0.6 is 46.7 Å². The van der Waals surface area contributed by atoms with Crippen molar-refractivity contribution in [1.29, 1.82) is 5.26 Å². The molecule has 0 saturated heterocycles. The quantitative estimate of drug-likeness (QED) is 0.161. The Labute approximate surface area is 308 Å². The molecular weight excluding hydrogens is 702 g/mol. The number of hydrogen-bond acceptors (Lipinski definition) is 7. The number of halogens is 2. The summed E-state index contributed by atoms with van der Waals surface area (Å²) >= 11 is 15.1. The summed E-state index contributed by atoms with van der Waals surface area (Å²) in [5.41, 5.74) is 5.58. The molecule has 5 nitrogen and oxygen atoms in total. The second-order valence-corrected chi connectivity index (χ2v) is 14.8. The Kier molecular flexibility index (Phi) is 9.46. The molecule has 0 amide bonds. The van der Waals surface area contributed by atoms with Crippen molar-refractivity contribution in [2.75, 3.05) is 10.6 Å². The van der Waals surface area contributed by atoms with E-state index in [9.17, 15) is 5.26 Å². The van der Waals surface area contributed by atoms with Gasteiger partial charge in [-0.05, 0) is 105 Å². The van der Waals surface area contributed by atoms with Gasteiger partial charge in [0.05, 0.1) is 33.6 Å². The predicted octanol–water partition coefficient (Wildman–Crippen LogP) is 12.0. The van der Waals surface area contributed by atoms with Gasteiger partial charge in [0, 0.05) is 46.6 Å². The van der Waals surface area contributed by atoms with Gasteiger partial charge >= 0.3 is 0 Å². The number of carbonyl (C=O) groups excluding carboxylic acids is 2. The maximum Gasteiger partial charge on any atom is 0.198 e. The van der Waals surface area contributed by atoms with Crippen LogP contribution in [0.15, 0.2) is 135 Å². The lowest BCUT2D eigenvalue weighted by molar-refractivity contribution is 0.0975. The highest BCUT2D eigenvalue weighted by molar-refractivity contribution is 7.99. The van der Waals surface area contributed by atoms with Crippen LogP contribution in [0.25, 0.3) is 0 Å². The number of ketones is 2. The van der Waals surface area contributed by atoms with Gasteiger partial charge in [0.15, 0.2) is 11.6 Å². The Morgan fingerprint density at radius 1 is 0.560 bits per heavy atom. The molecule has 244 valence electrons. The Balaban J connectivity index is 1.47. The Hall–Kier alpha value is -4.97. The number of nitrogens with one attached hydrogen (secondary N) is 2. The zero-order valence-electron chi connectivity index (χ0n) is 26.8. The highest BCUT2D eigenvalue weighted by Gasteiger charge is 2.39. The highest BCUT2D eigenvalue weighted by Crippen LogP contribution is 2.47. The Bertz CT molecular complexity index is 2330. The monoisotopic (exact) mass is 727 g/mol. The molecule has 6 aromatic carbocycles. The van der Waals surface area contributed by atoms with E-state index in [2.05, 4.69) is 16.7 Å². The summed E-state index contributed by atoms with van der Waals surface area (Å²) in [5, 5.41) is 18.3. The minimum Gasteiger partial charge on any atom is -0.355 e. The van der Waals surface area contributed by atoms with E-state index in [1.807, 2.05) is 86.6 Å². The van der Waals surface area contributed by atoms with E-state index < -0.39 is 0 Å². The first kappa shape index (κ1) is 33.5. The summed E-state index contributed by atoms with van der Waals surface area (Å²) in [7, 11) is 0. The zero-order chi connectivity index (χ0) is 34.9. The number of hydrogen-bond donors (Lipinski definition) is 2. The molecule has 0 saturated carbocycles. The molecule has 0 fully saturated rings. The van der Waals surface area contributed by atoms with Gasteiger partial charge in [0.2, 0.25) is 0 Å². The van der Waals surface area contributed by atoms with E-state index in [0.717, 1.165) is 20.9 Å². The largest absolute Gasteiger partial charge is 0.355 e. The number of anilines is 4. The van der Waals surface area contributed by atoms with Gasteiger partial charge in [-0.3, -0.25) is 9.59 Å². The molecule has 0 unspecified atom stereocenters. The van der Waals surface area contributed by atoms with Crippen molar-refractivity contribution in [3.63, 3.8) is 0 Å². The molecule has 1 aliphatic rings. The number of rotatable bonds is 8. The minimum absolute atomic E-state index is 0.193. The number of benzene rings is 6. The first-order chi connectivity index (χ1) is 24.2. The average Bonchev–Trinajstić information content (AvgIpc) is 3.11. The number of fused-ring (bicyclic) bond motifs is 2. The first-order valence-corrected chi connectivity index (χ1v) is 18.0. The summed E-state index contributed by atoms with van der Waals surface area (Å²) in [5.74, 6) is -0.682. The van der Waals surface area contributed by atoms with Gasteiger partial charge in [-0.15, -0.1) is 0 Å². The fraction of sp³-hybridized carbons (Fsp3) is 0.0488. The maximum atomic E-state index is 15.2. The zero-order valence-corrected chi connectivity index (χ0v) is 30.0. The first-order valence-electron chi connectivity index (χ1n) is 15.6. The molecule has 0 atom stereocenters. The van der Waals surface area contributed by atoms with Crippen LogP contribution < -0.4 is 10.6 Å². The summed E-state index contributed by atoms with van der Waals surface area (Å²) in [6, 6.07) is 37.7. The van der Waals surface area contributed by atoms with Crippen LogP contribution in [0.5, 0.6) is 0 Å². The van der Waals surface area contributed by atoms with Crippen molar-refractivity contribution in [2.45, 2.75) is 33.4 Å². The summed E-state index contributed by atoms with van der Waals surface area (Å²) < 4.78 is 0. The maximum absolute atomic E-state index is 15.2. The molecule has 0 heterocycles. The summed E-state index contributed by atoms with van der Waals surface area (Å²) in [6.07, 6.45) is 0. The van der Waals surface area contributed by atoms with Gasteiger partial charge in [-0.25, -0.2) is 0 Å². The molecule has 0 spiro atoms. The topological polar surface area (TPSA) is 82.0 Å². The molecule has 50 heavy (non-hydrogen) atoms. The number of aryl methyl sites for hydroxylation is 2. The van der Waals surface area contributed by atoms with Crippen LogP contribution in [0.4, 0.5) is 22.7 Å². The van der Waals surface area contributed by atoms with Crippen molar-refractivity contribution in [3.8, 4) is 6.07 Å². The van der Waals surface area contributed by atoms with Crippen LogP contribution in [0.1, 0.15) is 48.5 Å². The molecule has 0 radical (unpaired) electrons. The standard InChI is InChI=1S/C41H27Cl2N3O2S2/c1-23-3-15-30(16-4-23)49-34-20-19-32(45-28-11-7-26(42)8-12-28)35-37(34)40(48)38-36(39(35)47)33(46-29-13-9-27(43)10-14-29)21-25(22-44)41(38)50-31-17-5-24(2)6-18-31/h3-21,45-46H,1-2H3. The van der Waals surface area contributed by atoms with Gasteiger partial charge in [0.1, 0.15) is 6.07 Å². The Morgan fingerprint density at radius 2 is 1.04 bits per heavy atom. The molecule has 0 aliphatic heterocycles. The number of nitriles is 1. The van der Waals surface area contributed by atoms with Crippen molar-refractivity contribution in [3.05, 3.63) is 164 Å². The van der Waals surface area contributed by atoms with E-state index in [-0.39, 0.29) is 39.4 Å². The molecular formula is C41H27Cl2N3O2S2. The third kappa shape index (κ3) is 6.76. The van der Waals surface area contributed by atoms with Gasteiger partial charge in [0.25, 0.3) is 0 Å². The number of nitrogens with zero attached hydrogens (tertiary/aromatic N) is 1. The highest BCUT2D eigenvalue weighted by atomic mass is 35.5.